The molecule has 1 nitrogen and oxygen atoms in total. The number of hydrogen-bond acceptors (Lipinski definition) is 1. The summed E-state index contributed by atoms with van der Waals surface area (Å²) >= 11 is 0. The van der Waals surface area contributed by atoms with Gasteiger partial charge in [-0.25, -0.2) is 0 Å². The molecule has 32 heavy (non-hydrogen) atoms. The lowest BCUT2D eigenvalue weighted by molar-refractivity contribution is 0.250. The summed E-state index contributed by atoms with van der Waals surface area (Å²) in [6.07, 6.45) is 22.5. The lowest BCUT2D eigenvalue weighted by Crippen LogP contribution is -2.24. The molecule has 0 heterocycles. The van der Waals surface area contributed by atoms with Crippen molar-refractivity contribution in [3.63, 3.8) is 0 Å². The molecule has 176 valence electrons. The molecule has 0 fully saturated rings. The third-order valence-corrected chi connectivity index (χ3v) is 6.23. The molecule has 0 radical (unpaired) electrons. The van der Waals surface area contributed by atoms with E-state index >= 15 is 0 Å². The standard InChI is InChI=1S/C31H47N/c1-2-3-4-5-6-7-8-9-10-11-12-13-14-15-22-27-32(28-30-23-18-16-19-24-30)29-31-25-20-17-21-26-31/h6-7,16-21,23-26H,2-5,8-15,22,27-29H2,1H3/b7-6+. The maximum atomic E-state index is 2.61. The van der Waals surface area contributed by atoms with E-state index in [-0.39, 0.29) is 0 Å². The molecule has 2 aromatic carbocycles. The molecule has 0 saturated heterocycles. The van der Waals surface area contributed by atoms with Crippen molar-refractivity contribution in [2.24, 2.45) is 0 Å². The van der Waals surface area contributed by atoms with Crippen molar-refractivity contribution in [2.45, 2.75) is 103 Å². The van der Waals surface area contributed by atoms with Crippen molar-refractivity contribution in [1.82, 2.24) is 4.90 Å². The predicted octanol–water partition coefficient (Wildman–Crippen LogP) is 9.34. The number of benzene rings is 2. The van der Waals surface area contributed by atoms with Gasteiger partial charge in [0.1, 0.15) is 0 Å². The minimum Gasteiger partial charge on any atom is -0.295 e. The van der Waals surface area contributed by atoms with Gasteiger partial charge in [-0.2, -0.15) is 0 Å². The molecular formula is C31H47N. The molecule has 0 aromatic heterocycles. The minimum absolute atomic E-state index is 1.04. The average Bonchev–Trinajstić information content (AvgIpc) is 2.83. The van der Waals surface area contributed by atoms with Crippen LogP contribution in [0.5, 0.6) is 0 Å². The van der Waals surface area contributed by atoms with Gasteiger partial charge >= 0.3 is 0 Å². The fraction of sp³-hybridized carbons (Fsp3) is 0.548. The Kier molecular flexibility index (Phi) is 15.4. The van der Waals surface area contributed by atoms with Gasteiger partial charge in [-0.15, -0.1) is 0 Å². The van der Waals surface area contributed by atoms with Gasteiger partial charge in [0.15, 0.2) is 0 Å². The molecule has 0 aliphatic heterocycles. The van der Waals surface area contributed by atoms with Crippen LogP contribution in [-0.4, -0.2) is 11.4 Å². The highest BCUT2D eigenvalue weighted by Crippen LogP contribution is 2.14. The molecule has 2 rings (SSSR count). The Bertz CT molecular complexity index is 635. The van der Waals surface area contributed by atoms with Crippen LogP contribution in [0.4, 0.5) is 0 Å². The summed E-state index contributed by atoms with van der Waals surface area (Å²) < 4.78 is 0. The van der Waals surface area contributed by atoms with Crippen molar-refractivity contribution in [3.8, 4) is 0 Å². The predicted molar refractivity (Wildman–Crippen MR) is 142 cm³/mol. The van der Waals surface area contributed by atoms with Gasteiger partial charge in [-0.1, -0.05) is 131 Å². The first-order valence-corrected chi connectivity index (χ1v) is 13.3. The molecule has 0 N–H and O–H groups in total. The molecule has 0 amide bonds. The largest absolute Gasteiger partial charge is 0.295 e. The molecule has 0 aliphatic carbocycles. The Labute approximate surface area is 198 Å². The summed E-state index contributed by atoms with van der Waals surface area (Å²) in [4.78, 5) is 2.61. The molecule has 0 bridgehead atoms. The highest BCUT2D eigenvalue weighted by atomic mass is 15.1. The van der Waals surface area contributed by atoms with Gasteiger partial charge in [0.2, 0.25) is 0 Å². The number of rotatable bonds is 19. The van der Waals surface area contributed by atoms with E-state index in [1.54, 1.807) is 0 Å². The molecule has 0 spiro atoms. The Morgan fingerprint density at radius 1 is 0.531 bits per heavy atom. The first-order chi connectivity index (χ1) is 15.9. The van der Waals surface area contributed by atoms with Crippen LogP contribution in [0, 0.1) is 0 Å². The van der Waals surface area contributed by atoms with Crippen LogP contribution in [0.3, 0.4) is 0 Å². The van der Waals surface area contributed by atoms with Crippen LogP contribution in [-0.2, 0) is 13.1 Å². The highest BCUT2D eigenvalue weighted by molar-refractivity contribution is 5.17. The second kappa shape index (κ2) is 18.7. The van der Waals surface area contributed by atoms with Crippen LogP contribution in [0.1, 0.15) is 102 Å². The van der Waals surface area contributed by atoms with E-state index in [2.05, 4.69) is 84.6 Å². The second-order valence-electron chi connectivity index (χ2n) is 9.27. The monoisotopic (exact) mass is 433 g/mol. The SMILES string of the molecule is CCCCC/C=C/CCCCCCCCCCN(Cc1ccccc1)Cc1ccccc1. The molecule has 2 aromatic rings. The van der Waals surface area contributed by atoms with Crippen LogP contribution in [0.25, 0.3) is 0 Å². The summed E-state index contributed by atoms with van der Waals surface area (Å²) in [5.41, 5.74) is 2.83. The Balaban J connectivity index is 1.52. The van der Waals surface area contributed by atoms with Crippen LogP contribution < -0.4 is 0 Å². The first kappa shape index (κ1) is 26.4. The molecule has 0 saturated carbocycles. The third-order valence-electron chi connectivity index (χ3n) is 6.23. The Morgan fingerprint density at radius 2 is 0.969 bits per heavy atom. The van der Waals surface area contributed by atoms with Gasteiger partial charge in [0.25, 0.3) is 0 Å². The summed E-state index contributed by atoms with van der Waals surface area (Å²) in [6.45, 7) is 5.55. The maximum absolute atomic E-state index is 2.61. The molecule has 0 unspecified atom stereocenters. The highest BCUT2D eigenvalue weighted by Gasteiger charge is 2.07. The topological polar surface area (TPSA) is 3.24 Å². The van der Waals surface area contributed by atoms with Crippen molar-refractivity contribution >= 4 is 0 Å². The maximum Gasteiger partial charge on any atom is 0.0237 e. The second-order valence-corrected chi connectivity index (χ2v) is 9.27. The minimum atomic E-state index is 1.04. The smallest absolute Gasteiger partial charge is 0.0237 e. The van der Waals surface area contributed by atoms with Crippen molar-refractivity contribution in [3.05, 3.63) is 83.9 Å². The molecule has 1 heteroatoms. The lowest BCUT2D eigenvalue weighted by Gasteiger charge is -2.22. The van der Waals surface area contributed by atoms with Gasteiger partial charge in [-0.3, -0.25) is 4.90 Å². The molecule has 0 atom stereocenters. The summed E-state index contributed by atoms with van der Waals surface area (Å²) in [6, 6.07) is 21.8. The van der Waals surface area contributed by atoms with E-state index in [9.17, 15) is 0 Å². The normalized spacial score (nSPS) is 11.6. The van der Waals surface area contributed by atoms with E-state index in [0.717, 1.165) is 13.1 Å². The zero-order chi connectivity index (χ0) is 22.5. The lowest BCUT2D eigenvalue weighted by atomic mass is 10.1. The van der Waals surface area contributed by atoms with Crippen molar-refractivity contribution in [1.29, 1.82) is 0 Å². The van der Waals surface area contributed by atoms with Gasteiger partial charge in [0.05, 0.1) is 0 Å². The van der Waals surface area contributed by atoms with Gasteiger partial charge in [-0.05, 0) is 49.8 Å². The summed E-state index contributed by atoms with van der Waals surface area (Å²) in [5.74, 6) is 0. The zero-order valence-electron chi connectivity index (χ0n) is 20.7. The van der Waals surface area contributed by atoms with E-state index < -0.39 is 0 Å². The number of allylic oxidation sites excluding steroid dienone is 2. The van der Waals surface area contributed by atoms with Crippen LogP contribution in [0.2, 0.25) is 0 Å². The quantitative estimate of drug-likeness (QED) is 0.157. The van der Waals surface area contributed by atoms with Crippen LogP contribution >= 0.6 is 0 Å². The van der Waals surface area contributed by atoms with E-state index in [0.29, 0.717) is 0 Å². The number of nitrogens with zero attached hydrogens (tertiary/aromatic N) is 1. The summed E-state index contributed by atoms with van der Waals surface area (Å²) in [5, 5.41) is 0. The first-order valence-electron chi connectivity index (χ1n) is 13.3. The number of unbranched alkanes of at least 4 members (excludes halogenated alkanes) is 11. The number of hydrogen-bond donors (Lipinski definition) is 0. The third kappa shape index (κ3) is 13.5. The van der Waals surface area contributed by atoms with Crippen LogP contribution in [0.15, 0.2) is 72.8 Å². The van der Waals surface area contributed by atoms with Crippen molar-refractivity contribution in [2.75, 3.05) is 6.54 Å². The average molecular weight is 434 g/mol. The van der Waals surface area contributed by atoms with E-state index in [4.69, 9.17) is 0 Å². The Hall–Kier alpha value is -1.86. The fourth-order valence-electron chi connectivity index (χ4n) is 4.30. The zero-order valence-corrected chi connectivity index (χ0v) is 20.7. The Morgan fingerprint density at radius 3 is 1.47 bits per heavy atom. The van der Waals surface area contributed by atoms with E-state index in [1.165, 1.54) is 101 Å². The molecular weight excluding hydrogens is 386 g/mol. The van der Waals surface area contributed by atoms with Gasteiger partial charge < -0.3 is 0 Å². The summed E-state index contributed by atoms with van der Waals surface area (Å²) in [7, 11) is 0. The van der Waals surface area contributed by atoms with Crippen molar-refractivity contribution < 1.29 is 0 Å². The fourth-order valence-corrected chi connectivity index (χ4v) is 4.30. The molecule has 0 aliphatic rings. The van der Waals surface area contributed by atoms with E-state index in [1.807, 2.05) is 0 Å². The van der Waals surface area contributed by atoms with Gasteiger partial charge in [0, 0.05) is 13.1 Å².